The Balaban J connectivity index is 1.60. The predicted octanol–water partition coefficient (Wildman–Crippen LogP) is 0.435. The maximum Gasteiger partial charge on any atom is 0.362 e. The van der Waals surface area contributed by atoms with Crippen LogP contribution in [0.3, 0.4) is 0 Å². The van der Waals surface area contributed by atoms with Crippen LogP contribution in [0.15, 0.2) is 31.8 Å². The van der Waals surface area contributed by atoms with Gasteiger partial charge in [0, 0.05) is 23.9 Å². The number of amides is 2. The largest absolute Gasteiger partial charge is 0.398 e. The number of rotatable bonds is 8. The number of β-lactam (4-membered cyclic amide) rings is 1. The van der Waals surface area contributed by atoms with Crippen LogP contribution in [0.25, 0.3) is 0 Å². The van der Waals surface area contributed by atoms with Gasteiger partial charge in [-0.2, -0.15) is 10.1 Å². The summed E-state index contributed by atoms with van der Waals surface area (Å²) in [5.74, 6) is -2.66. The number of nitrogens with two attached hydrogens (primary N) is 1. The zero-order chi connectivity index (χ0) is 30.9. The molecule has 2 aromatic rings. The first-order valence-electron chi connectivity index (χ1n) is 12.3. The van der Waals surface area contributed by atoms with Gasteiger partial charge in [0.25, 0.3) is 17.4 Å². The monoisotopic (exact) mass is 636 g/mol. The maximum absolute atomic E-state index is 13.4. The van der Waals surface area contributed by atoms with Gasteiger partial charge in [-0.1, -0.05) is 16.9 Å². The Morgan fingerprint density at radius 3 is 2.60 bits per heavy atom. The van der Waals surface area contributed by atoms with Gasteiger partial charge in [-0.25, -0.2) is 14.5 Å². The third-order valence-corrected chi connectivity index (χ3v) is 9.07. The fourth-order valence-corrected chi connectivity index (χ4v) is 6.74. The van der Waals surface area contributed by atoms with Gasteiger partial charge < -0.3 is 20.6 Å². The van der Waals surface area contributed by atoms with Gasteiger partial charge in [0.1, 0.15) is 35.6 Å². The molecule has 2 aromatic heterocycles. The zero-order valence-electron chi connectivity index (χ0n) is 23.5. The number of aromatic nitrogens is 4. The molecule has 0 radical (unpaired) electrons. The standard InChI is InChI=1S/C24H28N8O7S3/c1-10-16(33)28-23(31(5)29-10)42-8-11-7-40-19-14(27-17(34)13(30-38-6)12-9-41-22(25)26-12)18(35)32(19)15(11)20(36)39-21(37)24(2,3)4/h9,14,19H,7-8H2,1-6H3,(H2,25,26)(H,27,34)/t14-,19-/m1/s1. The van der Waals surface area contributed by atoms with Gasteiger partial charge in [-0.05, 0) is 33.3 Å². The van der Waals surface area contributed by atoms with Crippen LogP contribution in [-0.2, 0) is 35.8 Å². The van der Waals surface area contributed by atoms with Gasteiger partial charge >= 0.3 is 11.9 Å². The van der Waals surface area contributed by atoms with Crippen LogP contribution in [0, 0.1) is 12.3 Å². The molecular formula is C24H28N8O7S3. The van der Waals surface area contributed by atoms with Crippen LogP contribution >= 0.6 is 34.9 Å². The molecule has 1 saturated heterocycles. The highest BCUT2D eigenvalue weighted by atomic mass is 32.2. The molecule has 18 heteroatoms. The number of anilines is 1. The van der Waals surface area contributed by atoms with E-state index in [1.165, 1.54) is 33.8 Å². The SMILES string of the molecule is CON=C(C(=O)N[C@@H]1C(=O)N2C(C(=O)OC(=O)C(C)(C)C)=C(CSc3nc(=O)c(C)nn3C)CS[C@H]12)c1csc(N)n1. The van der Waals surface area contributed by atoms with E-state index in [0.29, 0.717) is 10.7 Å². The lowest BCUT2D eigenvalue weighted by atomic mass is 9.97. The van der Waals surface area contributed by atoms with Crippen LogP contribution in [0.4, 0.5) is 5.13 Å². The van der Waals surface area contributed by atoms with Gasteiger partial charge in [0.05, 0.1) is 5.41 Å². The third-order valence-electron chi connectivity index (χ3n) is 5.95. The Labute approximate surface area is 252 Å². The highest BCUT2D eigenvalue weighted by Gasteiger charge is 2.55. The first kappa shape index (κ1) is 31.2. The summed E-state index contributed by atoms with van der Waals surface area (Å²) in [7, 11) is 2.89. The van der Waals surface area contributed by atoms with E-state index in [4.69, 9.17) is 15.3 Å². The number of aryl methyl sites for hydroxylation is 2. The summed E-state index contributed by atoms with van der Waals surface area (Å²) >= 11 is 3.56. The van der Waals surface area contributed by atoms with Crippen molar-refractivity contribution in [3.05, 3.63) is 38.4 Å². The maximum atomic E-state index is 13.4. The number of thiazole rings is 1. The van der Waals surface area contributed by atoms with E-state index in [0.717, 1.165) is 23.1 Å². The van der Waals surface area contributed by atoms with E-state index < -0.39 is 46.1 Å². The summed E-state index contributed by atoms with van der Waals surface area (Å²) in [5, 5.41) is 11.9. The molecule has 4 heterocycles. The number of carbonyl (C=O) groups excluding carboxylic acids is 4. The molecule has 2 amide bonds. The van der Waals surface area contributed by atoms with E-state index in [-0.39, 0.29) is 39.4 Å². The summed E-state index contributed by atoms with van der Waals surface area (Å²) in [4.78, 5) is 78.5. The van der Waals surface area contributed by atoms with Crippen LogP contribution in [-0.4, -0.2) is 84.1 Å². The van der Waals surface area contributed by atoms with Crippen molar-refractivity contribution >= 4 is 69.5 Å². The minimum absolute atomic E-state index is 0.0949. The van der Waals surface area contributed by atoms with Crippen LogP contribution in [0.5, 0.6) is 0 Å². The summed E-state index contributed by atoms with van der Waals surface area (Å²) in [5.41, 5.74) is 4.85. The molecule has 0 aliphatic carbocycles. The van der Waals surface area contributed by atoms with Crippen LogP contribution in [0.1, 0.15) is 32.2 Å². The topological polar surface area (TPSA) is 201 Å². The predicted molar refractivity (Wildman–Crippen MR) is 155 cm³/mol. The Bertz CT molecular complexity index is 1580. The Morgan fingerprint density at radius 1 is 1.26 bits per heavy atom. The molecule has 3 N–H and O–H groups in total. The molecule has 0 saturated carbocycles. The lowest BCUT2D eigenvalue weighted by Crippen LogP contribution is -2.71. The van der Waals surface area contributed by atoms with Crippen molar-refractivity contribution in [2.24, 2.45) is 17.6 Å². The van der Waals surface area contributed by atoms with Crippen molar-refractivity contribution in [1.82, 2.24) is 30.0 Å². The van der Waals surface area contributed by atoms with Gasteiger partial charge in [0.2, 0.25) is 0 Å². The van der Waals surface area contributed by atoms with Gasteiger partial charge in [-0.3, -0.25) is 24.1 Å². The first-order chi connectivity index (χ1) is 19.7. The lowest BCUT2D eigenvalue weighted by molar-refractivity contribution is -0.166. The van der Waals surface area contributed by atoms with Crippen molar-refractivity contribution < 1.29 is 28.8 Å². The van der Waals surface area contributed by atoms with Crippen molar-refractivity contribution in [2.45, 2.75) is 44.3 Å². The molecule has 1 fully saturated rings. The molecule has 0 unspecified atom stereocenters. The second-order valence-electron chi connectivity index (χ2n) is 10.1. The molecule has 0 aromatic carbocycles. The molecule has 42 heavy (non-hydrogen) atoms. The Kier molecular flexibility index (Phi) is 9.07. The molecule has 0 bridgehead atoms. The Morgan fingerprint density at radius 2 is 1.98 bits per heavy atom. The normalized spacial score (nSPS) is 18.8. The second-order valence-corrected chi connectivity index (χ2v) is 13.1. The number of ether oxygens (including phenoxy) is 1. The number of nitrogens with zero attached hydrogens (tertiary/aromatic N) is 6. The number of hydrogen-bond donors (Lipinski definition) is 2. The summed E-state index contributed by atoms with van der Waals surface area (Å²) < 4.78 is 6.61. The van der Waals surface area contributed by atoms with Crippen molar-refractivity contribution in [2.75, 3.05) is 24.3 Å². The number of hydrogen-bond acceptors (Lipinski definition) is 15. The van der Waals surface area contributed by atoms with Gasteiger partial charge in [0.15, 0.2) is 16.0 Å². The number of fused-ring (bicyclic) bond motifs is 1. The smallest absolute Gasteiger partial charge is 0.362 e. The number of carbonyl (C=O) groups is 4. The number of nitrogens with one attached hydrogen (secondary N) is 1. The minimum Gasteiger partial charge on any atom is -0.398 e. The van der Waals surface area contributed by atoms with Crippen molar-refractivity contribution in [1.29, 1.82) is 0 Å². The summed E-state index contributed by atoms with van der Waals surface area (Å²) in [6.07, 6.45) is 0. The highest BCUT2D eigenvalue weighted by Crippen LogP contribution is 2.42. The second kappa shape index (κ2) is 12.2. The van der Waals surface area contributed by atoms with E-state index in [2.05, 4.69) is 25.5 Å². The molecule has 0 spiro atoms. The molecular weight excluding hydrogens is 609 g/mol. The molecule has 2 aliphatic heterocycles. The molecule has 4 rings (SSSR count). The quantitative estimate of drug-likeness (QED) is 0.101. The molecule has 2 aliphatic rings. The van der Waals surface area contributed by atoms with E-state index >= 15 is 0 Å². The number of nitrogen functional groups attached to an aromatic ring is 1. The average Bonchev–Trinajstić information content (AvgIpc) is 3.35. The van der Waals surface area contributed by atoms with Crippen molar-refractivity contribution in [3.63, 3.8) is 0 Å². The first-order valence-corrected chi connectivity index (χ1v) is 15.3. The fraction of sp³-hybridized carbons (Fsp3) is 0.458. The van der Waals surface area contributed by atoms with E-state index in [1.807, 2.05) is 0 Å². The van der Waals surface area contributed by atoms with E-state index in [1.54, 1.807) is 34.7 Å². The lowest BCUT2D eigenvalue weighted by Gasteiger charge is -2.49. The van der Waals surface area contributed by atoms with E-state index in [9.17, 15) is 24.0 Å². The van der Waals surface area contributed by atoms with Gasteiger partial charge in [-0.15, -0.1) is 23.1 Å². The van der Waals surface area contributed by atoms with Crippen LogP contribution < -0.4 is 16.6 Å². The fourth-order valence-electron chi connectivity index (χ4n) is 3.80. The molecule has 2 atom stereocenters. The van der Waals surface area contributed by atoms with Crippen LogP contribution in [0.2, 0.25) is 0 Å². The number of oxime groups is 1. The summed E-state index contributed by atoms with van der Waals surface area (Å²) in [6.45, 7) is 6.34. The Hall–Kier alpha value is -3.77. The number of thioether (sulfide) groups is 2. The average molecular weight is 637 g/mol. The molecule has 15 nitrogen and oxygen atoms in total. The summed E-state index contributed by atoms with van der Waals surface area (Å²) in [6, 6.07) is -1.01. The zero-order valence-corrected chi connectivity index (χ0v) is 25.9. The third kappa shape index (κ3) is 6.34. The highest BCUT2D eigenvalue weighted by molar-refractivity contribution is 8.01. The minimum atomic E-state index is -1.01. The molecule has 224 valence electrons. The van der Waals surface area contributed by atoms with Crippen molar-refractivity contribution in [3.8, 4) is 0 Å². The number of esters is 2.